The molecule has 25 heavy (non-hydrogen) atoms. The van der Waals surface area contributed by atoms with Crippen molar-refractivity contribution in [1.29, 1.82) is 0 Å². The van der Waals surface area contributed by atoms with E-state index in [-0.39, 0.29) is 36.4 Å². The van der Waals surface area contributed by atoms with Crippen LogP contribution in [-0.2, 0) is 19.6 Å². The van der Waals surface area contributed by atoms with Crippen LogP contribution in [0.1, 0.15) is 27.2 Å². The smallest absolute Gasteiger partial charge is 0.304 e. The van der Waals surface area contributed by atoms with Crippen molar-refractivity contribution >= 4 is 27.6 Å². The van der Waals surface area contributed by atoms with E-state index < -0.39 is 16.0 Å². The number of hydrogen-bond donors (Lipinski definition) is 1. The highest BCUT2D eigenvalue weighted by Gasteiger charge is 2.30. The van der Waals surface area contributed by atoms with Crippen molar-refractivity contribution in [2.75, 3.05) is 24.5 Å². The Labute approximate surface area is 147 Å². The summed E-state index contributed by atoms with van der Waals surface area (Å²) in [5, 5.41) is 8.79. The predicted octanol–water partition coefficient (Wildman–Crippen LogP) is 1.31. The second-order valence-electron chi connectivity index (χ2n) is 5.83. The van der Waals surface area contributed by atoms with E-state index in [1.54, 1.807) is 6.92 Å². The van der Waals surface area contributed by atoms with Crippen molar-refractivity contribution in [3.05, 3.63) is 18.2 Å². The molecule has 1 N–H and O–H groups in total. The van der Waals surface area contributed by atoms with Crippen molar-refractivity contribution in [3.8, 4) is 5.75 Å². The Morgan fingerprint density at radius 1 is 1.40 bits per heavy atom. The Kier molecular flexibility index (Phi) is 5.69. The maximum Gasteiger partial charge on any atom is 0.304 e. The number of fused-ring (bicyclic) bond motifs is 1. The van der Waals surface area contributed by atoms with Gasteiger partial charge in [0.2, 0.25) is 15.9 Å². The summed E-state index contributed by atoms with van der Waals surface area (Å²) in [7, 11) is -3.87. The van der Waals surface area contributed by atoms with Crippen LogP contribution in [0, 0.1) is 0 Å². The van der Waals surface area contributed by atoms with Gasteiger partial charge in [0.25, 0.3) is 0 Å². The maximum absolute atomic E-state index is 12.8. The predicted molar refractivity (Wildman–Crippen MR) is 91.2 cm³/mol. The van der Waals surface area contributed by atoms with Gasteiger partial charge in [0.1, 0.15) is 11.9 Å². The zero-order chi connectivity index (χ0) is 18.8. The van der Waals surface area contributed by atoms with Crippen LogP contribution in [0.2, 0.25) is 0 Å². The Hall–Kier alpha value is -2.13. The molecule has 8 nitrogen and oxygen atoms in total. The van der Waals surface area contributed by atoms with Gasteiger partial charge in [0.05, 0.1) is 23.5 Å². The topological polar surface area (TPSA) is 104 Å². The summed E-state index contributed by atoms with van der Waals surface area (Å²) < 4.78 is 32.4. The second-order valence-corrected chi connectivity index (χ2v) is 7.77. The van der Waals surface area contributed by atoms with E-state index in [4.69, 9.17) is 9.84 Å². The number of carboxylic acid groups (broad SMARTS) is 1. The lowest BCUT2D eigenvalue weighted by atomic mass is 10.2. The molecule has 0 radical (unpaired) electrons. The van der Waals surface area contributed by atoms with Gasteiger partial charge in [-0.15, -0.1) is 0 Å². The fourth-order valence-corrected chi connectivity index (χ4v) is 4.16. The first-order valence-corrected chi connectivity index (χ1v) is 9.41. The fraction of sp³-hybridized carbons (Fsp3) is 0.500. The van der Waals surface area contributed by atoms with Crippen LogP contribution in [0.4, 0.5) is 5.69 Å². The molecular formula is C16H22N2O6S. The van der Waals surface area contributed by atoms with Crippen molar-refractivity contribution in [2.24, 2.45) is 0 Å². The molecule has 1 aromatic rings. The number of benzene rings is 1. The van der Waals surface area contributed by atoms with Crippen LogP contribution >= 0.6 is 0 Å². The molecule has 0 bridgehead atoms. The number of aliphatic carboxylic acids is 1. The van der Waals surface area contributed by atoms with Crippen LogP contribution < -0.4 is 9.64 Å². The number of sulfonamides is 1. The summed E-state index contributed by atoms with van der Waals surface area (Å²) >= 11 is 0. The highest BCUT2D eigenvalue weighted by molar-refractivity contribution is 7.89. The molecule has 1 amide bonds. The number of carboxylic acids is 1. The molecular weight excluding hydrogens is 348 g/mol. The second kappa shape index (κ2) is 7.40. The third-order valence-corrected chi connectivity index (χ3v) is 5.90. The Morgan fingerprint density at radius 2 is 2.08 bits per heavy atom. The van der Waals surface area contributed by atoms with E-state index in [1.807, 2.05) is 6.92 Å². The number of anilines is 1. The van der Waals surface area contributed by atoms with Crippen molar-refractivity contribution in [2.45, 2.75) is 38.2 Å². The Bertz CT molecular complexity index is 777. The van der Waals surface area contributed by atoms with Gasteiger partial charge in [0, 0.05) is 20.0 Å². The monoisotopic (exact) mass is 370 g/mol. The first-order valence-electron chi connectivity index (χ1n) is 7.97. The first kappa shape index (κ1) is 19.2. The molecule has 1 aromatic carbocycles. The highest BCUT2D eigenvalue weighted by Crippen LogP contribution is 2.36. The molecule has 1 aliphatic rings. The fourth-order valence-electron chi connectivity index (χ4n) is 2.69. The summed E-state index contributed by atoms with van der Waals surface area (Å²) in [4.78, 5) is 24.1. The Balaban J connectivity index is 2.41. The SMILES string of the molecule is CCN(CCC(=O)O)S(=O)(=O)c1ccc2c(c1)N(C(C)=O)CC(C)O2. The van der Waals surface area contributed by atoms with E-state index in [1.165, 1.54) is 30.0 Å². The van der Waals surface area contributed by atoms with Gasteiger partial charge in [-0.3, -0.25) is 9.59 Å². The average molecular weight is 370 g/mol. The van der Waals surface area contributed by atoms with Crippen LogP contribution in [0.15, 0.2) is 23.1 Å². The molecule has 1 heterocycles. The number of ether oxygens (including phenoxy) is 1. The summed E-state index contributed by atoms with van der Waals surface area (Å²) in [6.07, 6.45) is -0.473. The van der Waals surface area contributed by atoms with E-state index in [9.17, 15) is 18.0 Å². The van der Waals surface area contributed by atoms with Crippen LogP contribution in [0.3, 0.4) is 0 Å². The number of carbonyl (C=O) groups excluding carboxylic acids is 1. The summed E-state index contributed by atoms with van der Waals surface area (Å²) in [6, 6.07) is 4.34. The lowest BCUT2D eigenvalue weighted by Crippen LogP contribution is -2.41. The summed E-state index contributed by atoms with van der Waals surface area (Å²) in [6.45, 7) is 5.25. The molecule has 1 aliphatic heterocycles. The lowest BCUT2D eigenvalue weighted by molar-refractivity contribution is -0.137. The number of nitrogens with zero attached hydrogens (tertiary/aromatic N) is 2. The lowest BCUT2D eigenvalue weighted by Gasteiger charge is -2.33. The van der Waals surface area contributed by atoms with E-state index in [0.29, 0.717) is 18.0 Å². The molecule has 0 spiro atoms. The molecule has 1 atom stereocenters. The van der Waals surface area contributed by atoms with Crippen molar-refractivity contribution in [3.63, 3.8) is 0 Å². The van der Waals surface area contributed by atoms with Gasteiger partial charge in [0.15, 0.2) is 0 Å². The first-order chi connectivity index (χ1) is 11.7. The molecule has 0 aromatic heterocycles. The molecule has 9 heteroatoms. The largest absolute Gasteiger partial charge is 0.487 e. The van der Waals surface area contributed by atoms with Gasteiger partial charge < -0.3 is 14.7 Å². The van der Waals surface area contributed by atoms with Crippen LogP contribution in [0.25, 0.3) is 0 Å². The van der Waals surface area contributed by atoms with Crippen LogP contribution in [-0.4, -0.2) is 55.4 Å². The zero-order valence-corrected chi connectivity index (χ0v) is 15.2. The van der Waals surface area contributed by atoms with E-state index >= 15 is 0 Å². The molecule has 0 aliphatic carbocycles. The minimum Gasteiger partial charge on any atom is -0.487 e. The van der Waals surface area contributed by atoms with Gasteiger partial charge >= 0.3 is 5.97 Å². The van der Waals surface area contributed by atoms with Gasteiger partial charge in [-0.25, -0.2) is 8.42 Å². The van der Waals surface area contributed by atoms with E-state index in [2.05, 4.69) is 0 Å². The number of carbonyl (C=O) groups is 2. The van der Waals surface area contributed by atoms with Crippen molar-refractivity contribution in [1.82, 2.24) is 4.31 Å². The quantitative estimate of drug-likeness (QED) is 0.809. The summed E-state index contributed by atoms with van der Waals surface area (Å²) in [5.74, 6) is -0.824. The van der Waals surface area contributed by atoms with Gasteiger partial charge in [-0.2, -0.15) is 4.31 Å². The molecule has 0 saturated carbocycles. The molecule has 1 unspecified atom stereocenters. The number of amides is 1. The third-order valence-electron chi connectivity index (χ3n) is 3.93. The maximum atomic E-state index is 12.8. The Morgan fingerprint density at radius 3 is 2.64 bits per heavy atom. The average Bonchev–Trinajstić information content (AvgIpc) is 2.53. The van der Waals surface area contributed by atoms with Gasteiger partial charge in [-0.05, 0) is 25.1 Å². The zero-order valence-electron chi connectivity index (χ0n) is 14.4. The number of hydrogen-bond acceptors (Lipinski definition) is 5. The third kappa shape index (κ3) is 4.10. The summed E-state index contributed by atoms with van der Waals surface area (Å²) in [5.41, 5.74) is 0.404. The minimum atomic E-state index is -3.87. The van der Waals surface area contributed by atoms with E-state index in [0.717, 1.165) is 4.31 Å². The number of rotatable bonds is 6. The van der Waals surface area contributed by atoms with Gasteiger partial charge in [-0.1, -0.05) is 6.92 Å². The molecule has 2 rings (SSSR count). The molecule has 138 valence electrons. The van der Waals surface area contributed by atoms with Crippen LogP contribution in [0.5, 0.6) is 5.75 Å². The molecule has 0 fully saturated rings. The molecule has 0 saturated heterocycles. The van der Waals surface area contributed by atoms with Crippen molar-refractivity contribution < 1.29 is 27.9 Å². The normalized spacial score (nSPS) is 17.1. The minimum absolute atomic E-state index is 0.00268. The standard InChI is InChI=1S/C16H22N2O6S/c1-4-17(8-7-16(20)21)25(22,23)13-5-6-15-14(9-13)18(12(3)19)10-11(2)24-15/h5-6,9,11H,4,7-8,10H2,1-3H3,(H,20,21). The highest BCUT2D eigenvalue weighted by atomic mass is 32.2.